The van der Waals surface area contributed by atoms with Crippen LogP contribution < -0.4 is 11.2 Å². The highest BCUT2D eigenvalue weighted by Crippen LogP contribution is 2.19. The molecule has 0 unspecified atom stereocenters. The third-order valence-corrected chi connectivity index (χ3v) is 3.34. The topological polar surface area (TPSA) is 81.4 Å². The molecule has 1 aliphatic carbocycles. The molecule has 0 spiro atoms. The molecule has 1 aliphatic rings. The molecular formula is C10H18N2O3S. The van der Waals surface area contributed by atoms with Crippen LogP contribution in [0.4, 0.5) is 0 Å². The van der Waals surface area contributed by atoms with Gasteiger partial charge in [-0.2, -0.15) is 11.8 Å². The summed E-state index contributed by atoms with van der Waals surface area (Å²) in [5.74, 6) is 0.357. The van der Waals surface area contributed by atoms with Crippen molar-refractivity contribution in [1.29, 1.82) is 0 Å². The SMILES string of the molecule is NC(=O)CSCCC(=O)NOC1CCCC1. The zero-order chi connectivity index (χ0) is 11.8. The highest BCUT2D eigenvalue weighted by molar-refractivity contribution is 7.99. The molecule has 0 radical (unpaired) electrons. The number of nitrogens with one attached hydrogen (secondary N) is 1. The third-order valence-electron chi connectivity index (χ3n) is 2.36. The predicted molar refractivity (Wildman–Crippen MR) is 62.6 cm³/mol. The Morgan fingerprint density at radius 3 is 2.69 bits per heavy atom. The molecule has 5 nitrogen and oxygen atoms in total. The van der Waals surface area contributed by atoms with Crippen LogP contribution in [0.2, 0.25) is 0 Å². The van der Waals surface area contributed by atoms with Gasteiger partial charge in [-0.15, -0.1) is 0 Å². The number of amides is 2. The maximum Gasteiger partial charge on any atom is 0.244 e. The van der Waals surface area contributed by atoms with Gasteiger partial charge in [-0.1, -0.05) is 12.8 Å². The van der Waals surface area contributed by atoms with Crippen molar-refractivity contribution >= 4 is 23.6 Å². The van der Waals surface area contributed by atoms with Crippen molar-refractivity contribution in [1.82, 2.24) is 5.48 Å². The lowest BCUT2D eigenvalue weighted by Gasteiger charge is -2.10. The van der Waals surface area contributed by atoms with Crippen LogP contribution >= 0.6 is 11.8 Å². The van der Waals surface area contributed by atoms with Gasteiger partial charge in [-0.25, -0.2) is 5.48 Å². The van der Waals surface area contributed by atoms with Crippen molar-refractivity contribution in [3.8, 4) is 0 Å². The van der Waals surface area contributed by atoms with Crippen molar-refractivity contribution in [2.24, 2.45) is 5.73 Å². The molecule has 0 aromatic carbocycles. The summed E-state index contributed by atoms with van der Waals surface area (Å²) in [6, 6.07) is 0. The Bertz CT molecular complexity index is 242. The van der Waals surface area contributed by atoms with Gasteiger partial charge in [-0.05, 0) is 12.8 Å². The van der Waals surface area contributed by atoms with E-state index >= 15 is 0 Å². The normalized spacial score (nSPS) is 16.2. The smallest absolute Gasteiger partial charge is 0.244 e. The zero-order valence-corrected chi connectivity index (χ0v) is 10.1. The maximum absolute atomic E-state index is 11.3. The van der Waals surface area contributed by atoms with Crippen LogP contribution in [-0.2, 0) is 14.4 Å². The van der Waals surface area contributed by atoms with Crippen LogP contribution in [0.25, 0.3) is 0 Å². The van der Waals surface area contributed by atoms with Crippen LogP contribution in [-0.4, -0.2) is 29.4 Å². The Morgan fingerprint density at radius 2 is 2.06 bits per heavy atom. The summed E-state index contributed by atoms with van der Waals surface area (Å²) in [5, 5.41) is 0. The molecule has 16 heavy (non-hydrogen) atoms. The van der Waals surface area contributed by atoms with E-state index in [0.29, 0.717) is 12.2 Å². The maximum atomic E-state index is 11.3. The average Bonchev–Trinajstić information content (AvgIpc) is 2.74. The van der Waals surface area contributed by atoms with Gasteiger partial charge in [0.05, 0.1) is 11.9 Å². The Labute approximate surface area is 99.4 Å². The number of hydrogen-bond acceptors (Lipinski definition) is 4. The molecule has 0 aromatic rings. The van der Waals surface area contributed by atoms with Crippen molar-refractivity contribution in [2.75, 3.05) is 11.5 Å². The van der Waals surface area contributed by atoms with Gasteiger partial charge in [0.2, 0.25) is 11.8 Å². The van der Waals surface area contributed by atoms with E-state index < -0.39 is 0 Å². The van der Waals surface area contributed by atoms with Gasteiger partial charge in [0, 0.05) is 12.2 Å². The molecule has 0 aliphatic heterocycles. The number of nitrogens with two attached hydrogens (primary N) is 1. The van der Waals surface area contributed by atoms with Gasteiger partial charge < -0.3 is 5.73 Å². The van der Waals surface area contributed by atoms with Gasteiger partial charge in [0.25, 0.3) is 0 Å². The van der Waals surface area contributed by atoms with Crippen LogP contribution in [0.15, 0.2) is 0 Å². The first-order valence-electron chi connectivity index (χ1n) is 5.49. The summed E-state index contributed by atoms with van der Waals surface area (Å²) in [4.78, 5) is 26.9. The summed E-state index contributed by atoms with van der Waals surface area (Å²) in [6.45, 7) is 0. The third kappa shape index (κ3) is 5.97. The lowest BCUT2D eigenvalue weighted by Crippen LogP contribution is -2.28. The summed E-state index contributed by atoms with van der Waals surface area (Å²) in [7, 11) is 0. The van der Waals surface area contributed by atoms with Gasteiger partial charge in [-0.3, -0.25) is 14.4 Å². The first kappa shape index (κ1) is 13.3. The van der Waals surface area contributed by atoms with Crippen LogP contribution in [0.3, 0.4) is 0 Å². The van der Waals surface area contributed by atoms with E-state index in [0.717, 1.165) is 12.8 Å². The second-order valence-corrected chi connectivity index (χ2v) is 4.92. The molecule has 0 bridgehead atoms. The second kappa shape index (κ2) is 7.51. The van der Waals surface area contributed by atoms with Gasteiger partial charge >= 0.3 is 0 Å². The molecule has 1 saturated carbocycles. The van der Waals surface area contributed by atoms with E-state index in [4.69, 9.17) is 10.6 Å². The molecule has 6 heteroatoms. The fourth-order valence-electron chi connectivity index (χ4n) is 1.54. The largest absolute Gasteiger partial charge is 0.369 e. The van der Waals surface area contributed by atoms with E-state index in [9.17, 15) is 9.59 Å². The Kier molecular flexibility index (Phi) is 6.25. The highest BCUT2D eigenvalue weighted by atomic mass is 32.2. The average molecular weight is 246 g/mol. The summed E-state index contributed by atoms with van der Waals surface area (Å²) >= 11 is 1.36. The summed E-state index contributed by atoms with van der Waals surface area (Å²) < 4.78 is 0. The monoisotopic (exact) mass is 246 g/mol. The van der Waals surface area contributed by atoms with E-state index in [1.807, 2.05) is 0 Å². The zero-order valence-electron chi connectivity index (χ0n) is 9.24. The van der Waals surface area contributed by atoms with Crippen LogP contribution in [0.5, 0.6) is 0 Å². The number of hydroxylamine groups is 1. The predicted octanol–water partition coefficient (Wildman–Crippen LogP) is 0.585. The van der Waals surface area contributed by atoms with E-state index in [2.05, 4.69) is 5.48 Å². The standard InChI is InChI=1S/C10H18N2O3S/c11-9(13)7-16-6-5-10(14)12-15-8-3-1-2-4-8/h8H,1-7H2,(H2,11,13)(H,12,14). The molecule has 0 aromatic heterocycles. The number of carbonyl (C=O) groups excluding carboxylic acids is 2. The Hall–Kier alpha value is -0.750. The molecule has 0 saturated heterocycles. The van der Waals surface area contributed by atoms with E-state index in [1.54, 1.807) is 0 Å². The molecule has 0 heterocycles. The van der Waals surface area contributed by atoms with Crippen LogP contribution in [0.1, 0.15) is 32.1 Å². The van der Waals surface area contributed by atoms with Crippen molar-refractivity contribution in [3.63, 3.8) is 0 Å². The Balaban J connectivity index is 1.95. The van der Waals surface area contributed by atoms with Crippen LogP contribution in [0, 0.1) is 0 Å². The highest BCUT2D eigenvalue weighted by Gasteiger charge is 2.16. The van der Waals surface area contributed by atoms with Crippen molar-refractivity contribution in [2.45, 2.75) is 38.2 Å². The lowest BCUT2D eigenvalue weighted by molar-refractivity contribution is -0.137. The number of carbonyl (C=O) groups is 2. The van der Waals surface area contributed by atoms with Crippen molar-refractivity contribution < 1.29 is 14.4 Å². The second-order valence-electron chi connectivity index (χ2n) is 3.82. The molecule has 0 atom stereocenters. The number of thioether (sulfide) groups is 1. The molecule has 1 fully saturated rings. The minimum Gasteiger partial charge on any atom is -0.369 e. The van der Waals surface area contributed by atoms with Gasteiger partial charge in [0.15, 0.2) is 0 Å². The van der Waals surface area contributed by atoms with Gasteiger partial charge in [0.1, 0.15) is 0 Å². The first-order chi connectivity index (χ1) is 7.68. The van der Waals surface area contributed by atoms with E-state index in [-0.39, 0.29) is 23.7 Å². The minimum atomic E-state index is -0.354. The fraction of sp³-hybridized carbons (Fsp3) is 0.800. The molecular weight excluding hydrogens is 228 g/mol. The quantitative estimate of drug-likeness (QED) is 0.509. The summed E-state index contributed by atoms with van der Waals surface area (Å²) in [5.41, 5.74) is 7.41. The minimum absolute atomic E-state index is 0.135. The van der Waals surface area contributed by atoms with Crippen molar-refractivity contribution in [3.05, 3.63) is 0 Å². The molecule has 2 amide bonds. The molecule has 1 rings (SSSR count). The lowest BCUT2D eigenvalue weighted by atomic mass is 10.3. The summed E-state index contributed by atoms with van der Waals surface area (Å²) in [6.07, 6.45) is 4.93. The fourth-order valence-corrected chi connectivity index (χ4v) is 2.22. The number of rotatable bonds is 7. The number of primary amides is 1. The first-order valence-corrected chi connectivity index (χ1v) is 6.64. The Morgan fingerprint density at radius 1 is 1.38 bits per heavy atom. The molecule has 3 N–H and O–H groups in total. The number of hydrogen-bond donors (Lipinski definition) is 2. The van der Waals surface area contributed by atoms with E-state index in [1.165, 1.54) is 24.6 Å². The molecule has 92 valence electrons.